The Morgan fingerprint density at radius 1 is 0.564 bits per heavy atom. The quantitative estimate of drug-likeness (QED) is 0.0271. The fourth-order valence-electron chi connectivity index (χ4n) is 6.25. The standard InChI is InChI=1S/C46H86NO7P/c1-3-5-7-9-11-13-15-17-18-19-20-21-22-23-24-25-26-28-30-32-34-36-38-41-51-43-45(44-53-55(49,50)52-42-40-47)54-46(48)39-37-35-33-31-29-27-16-14-12-10-8-6-4-2/h6,8,12,14,27,29,33,35,45H,3-5,7,9-11,13,15-26,28,30-32,34,36-44,47H2,1-2H3,(H,49,50)/b8-6-,14-12-,29-27-,35-33-. The summed E-state index contributed by atoms with van der Waals surface area (Å²) in [6, 6.07) is 0. The maximum Gasteiger partial charge on any atom is 0.472 e. The van der Waals surface area contributed by atoms with Crippen molar-refractivity contribution in [3.63, 3.8) is 0 Å². The van der Waals surface area contributed by atoms with Crippen LogP contribution >= 0.6 is 7.82 Å². The Balaban J connectivity index is 3.97. The number of esters is 1. The van der Waals surface area contributed by atoms with Gasteiger partial charge in [-0.1, -0.05) is 204 Å². The zero-order valence-corrected chi connectivity index (χ0v) is 36.6. The molecule has 0 saturated heterocycles. The molecule has 0 saturated carbocycles. The molecule has 0 spiro atoms. The average molecular weight is 796 g/mol. The van der Waals surface area contributed by atoms with Crippen LogP contribution < -0.4 is 5.73 Å². The van der Waals surface area contributed by atoms with Gasteiger partial charge in [0.15, 0.2) is 0 Å². The average Bonchev–Trinajstić information content (AvgIpc) is 3.17. The number of phosphoric ester groups is 1. The highest BCUT2D eigenvalue weighted by Gasteiger charge is 2.25. The van der Waals surface area contributed by atoms with Gasteiger partial charge in [-0.05, 0) is 38.5 Å². The van der Waals surface area contributed by atoms with E-state index in [9.17, 15) is 14.3 Å². The van der Waals surface area contributed by atoms with Gasteiger partial charge in [-0.2, -0.15) is 0 Å². The molecule has 0 radical (unpaired) electrons. The van der Waals surface area contributed by atoms with Gasteiger partial charge in [0.25, 0.3) is 0 Å². The van der Waals surface area contributed by atoms with E-state index in [0.717, 1.165) is 38.5 Å². The largest absolute Gasteiger partial charge is 0.472 e. The Morgan fingerprint density at radius 2 is 0.982 bits per heavy atom. The minimum atomic E-state index is -4.29. The molecule has 55 heavy (non-hydrogen) atoms. The number of unbranched alkanes of at least 4 members (excludes halogenated alkanes) is 22. The third-order valence-corrected chi connectivity index (χ3v) is 10.5. The van der Waals surface area contributed by atoms with Gasteiger partial charge in [0.05, 0.1) is 19.8 Å². The first-order valence-corrected chi connectivity index (χ1v) is 24.1. The maximum absolute atomic E-state index is 12.5. The van der Waals surface area contributed by atoms with Gasteiger partial charge in [-0.25, -0.2) is 4.57 Å². The summed E-state index contributed by atoms with van der Waals surface area (Å²) in [5, 5.41) is 0. The predicted molar refractivity (Wildman–Crippen MR) is 233 cm³/mol. The van der Waals surface area contributed by atoms with Crippen LogP contribution in [0, 0.1) is 0 Å². The van der Waals surface area contributed by atoms with E-state index in [0.29, 0.717) is 13.0 Å². The normalized spacial score (nSPS) is 13.9. The number of phosphoric acid groups is 1. The maximum atomic E-state index is 12.5. The predicted octanol–water partition coefficient (Wildman–Crippen LogP) is 13.6. The van der Waals surface area contributed by atoms with Gasteiger partial charge >= 0.3 is 13.8 Å². The molecule has 9 heteroatoms. The Morgan fingerprint density at radius 3 is 1.42 bits per heavy atom. The van der Waals surface area contributed by atoms with Crippen LogP contribution in [0.3, 0.4) is 0 Å². The molecule has 3 N–H and O–H groups in total. The number of ether oxygens (including phenoxy) is 2. The minimum absolute atomic E-state index is 0.0892. The van der Waals surface area contributed by atoms with Crippen LogP contribution in [0.2, 0.25) is 0 Å². The van der Waals surface area contributed by atoms with Gasteiger partial charge in [0, 0.05) is 19.6 Å². The van der Waals surface area contributed by atoms with Crippen molar-refractivity contribution >= 4 is 13.8 Å². The number of carbonyl (C=O) groups is 1. The lowest BCUT2D eigenvalue weighted by Crippen LogP contribution is -2.28. The fraction of sp³-hybridized carbons (Fsp3) is 0.804. The summed E-state index contributed by atoms with van der Waals surface area (Å²) < 4.78 is 33.3. The van der Waals surface area contributed by atoms with Gasteiger partial charge in [-0.15, -0.1) is 0 Å². The van der Waals surface area contributed by atoms with E-state index in [4.69, 9.17) is 24.3 Å². The van der Waals surface area contributed by atoms with Crippen LogP contribution in [0.15, 0.2) is 48.6 Å². The number of rotatable bonds is 43. The van der Waals surface area contributed by atoms with Crippen molar-refractivity contribution in [3.05, 3.63) is 48.6 Å². The third kappa shape index (κ3) is 43.4. The number of hydrogen-bond donors (Lipinski definition) is 2. The summed E-state index contributed by atoms with van der Waals surface area (Å²) in [6.45, 7) is 4.73. The van der Waals surface area contributed by atoms with Crippen LogP contribution in [0.1, 0.15) is 200 Å². The Hall–Kier alpha value is -1.54. The Bertz CT molecular complexity index is 983. The summed E-state index contributed by atoms with van der Waals surface area (Å²) in [4.78, 5) is 22.4. The minimum Gasteiger partial charge on any atom is -0.457 e. The summed E-state index contributed by atoms with van der Waals surface area (Å²) in [6.07, 6.45) is 51.7. The summed E-state index contributed by atoms with van der Waals surface area (Å²) in [7, 11) is -4.29. The van der Waals surface area contributed by atoms with Crippen molar-refractivity contribution < 1.29 is 32.8 Å². The van der Waals surface area contributed by atoms with Crippen LogP contribution in [0.25, 0.3) is 0 Å². The zero-order chi connectivity index (χ0) is 40.2. The number of allylic oxidation sites excluding steroid dienone is 8. The molecular weight excluding hydrogens is 709 g/mol. The fourth-order valence-corrected chi connectivity index (χ4v) is 7.01. The second kappa shape index (κ2) is 43.6. The van der Waals surface area contributed by atoms with E-state index < -0.39 is 19.9 Å². The van der Waals surface area contributed by atoms with E-state index in [1.54, 1.807) is 0 Å². The monoisotopic (exact) mass is 796 g/mol. The van der Waals surface area contributed by atoms with Crippen LogP contribution in [-0.2, 0) is 27.9 Å². The second-order valence-corrected chi connectivity index (χ2v) is 16.3. The van der Waals surface area contributed by atoms with Crippen molar-refractivity contribution in [1.29, 1.82) is 0 Å². The van der Waals surface area contributed by atoms with Crippen molar-refractivity contribution in [1.82, 2.24) is 0 Å². The van der Waals surface area contributed by atoms with Crippen molar-refractivity contribution in [2.75, 3.05) is 33.0 Å². The molecular formula is C46H86NO7P. The molecule has 8 nitrogen and oxygen atoms in total. The van der Waals surface area contributed by atoms with Crippen molar-refractivity contribution in [2.24, 2.45) is 5.73 Å². The van der Waals surface area contributed by atoms with Gasteiger partial charge in [0.1, 0.15) is 6.10 Å². The molecule has 0 aliphatic carbocycles. The van der Waals surface area contributed by atoms with Gasteiger partial charge in [-0.3, -0.25) is 13.8 Å². The number of hydrogen-bond acceptors (Lipinski definition) is 7. The van der Waals surface area contributed by atoms with E-state index in [1.807, 2.05) is 12.2 Å². The van der Waals surface area contributed by atoms with Crippen LogP contribution in [0.5, 0.6) is 0 Å². The number of nitrogens with two attached hydrogens (primary N) is 1. The Labute approximate surface area is 339 Å². The van der Waals surface area contributed by atoms with E-state index in [1.165, 1.54) is 135 Å². The molecule has 0 aromatic rings. The molecule has 0 aliphatic rings. The highest BCUT2D eigenvalue weighted by atomic mass is 31.2. The molecule has 0 fully saturated rings. The molecule has 0 aromatic heterocycles. The smallest absolute Gasteiger partial charge is 0.457 e. The summed E-state index contributed by atoms with van der Waals surface area (Å²) in [5.74, 6) is -0.408. The zero-order valence-electron chi connectivity index (χ0n) is 35.7. The summed E-state index contributed by atoms with van der Waals surface area (Å²) >= 11 is 0. The second-order valence-electron chi connectivity index (χ2n) is 14.9. The molecule has 0 amide bonds. The first-order chi connectivity index (χ1) is 26.9. The lowest BCUT2D eigenvalue weighted by molar-refractivity contribution is -0.154. The Kier molecular flexibility index (Phi) is 42.4. The highest BCUT2D eigenvalue weighted by Crippen LogP contribution is 2.43. The van der Waals surface area contributed by atoms with E-state index in [2.05, 4.69) is 50.3 Å². The molecule has 0 aromatic carbocycles. The summed E-state index contributed by atoms with van der Waals surface area (Å²) in [5.41, 5.74) is 5.36. The highest BCUT2D eigenvalue weighted by molar-refractivity contribution is 7.47. The first-order valence-electron chi connectivity index (χ1n) is 22.6. The van der Waals surface area contributed by atoms with E-state index >= 15 is 0 Å². The van der Waals surface area contributed by atoms with Gasteiger partial charge < -0.3 is 20.1 Å². The molecule has 2 unspecified atom stereocenters. The first kappa shape index (κ1) is 53.5. The molecule has 2 atom stereocenters. The van der Waals surface area contributed by atoms with Crippen LogP contribution in [0.4, 0.5) is 0 Å². The molecule has 0 bridgehead atoms. The SMILES string of the molecule is CC/C=C\C/C=C\C/C=C\C/C=C\CCC(=O)OC(COCCCCCCCCCCCCCCCCCCCCCCCCC)COP(=O)(O)OCCN. The van der Waals surface area contributed by atoms with Gasteiger partial charge in [0.2, 0.25) is 0 Å². The molecule has 322 valence electrons. The third-order valence-electron chi connectivity index (χ3n) is 9.52. The molecule has 0 aliphatic heterocycles. The molecule has 0 heterocycles. The van der Waals surface area contributed by atoms with Crippen molar-refractivity contribution in [2.45, 2.75) is 206 Å². The van der Waals surface area contributed by atoms with Crippen molar-refractivity contribution in [3.8, 4) is 0 Å². The lowest BCUT2D eigenvalue weighted by atomic mass is 10.0. The molecule has 0 rings (SSSR count). The van der Waals surface area contributed by atoms with Crippen LogP contribution in [-0.4, -0.2) is 49.9 Å². The topological polar surface area (TPSA) is 117 Å². The lowest BCUT2D eigenvalue weighted by Gasteiger charge is -2.20. The number of carbonyl (C=O) groups excluding carboxylic acids is 1. The van der Waals surface area contributed by atoms with E-state index in [-0.39, 0.29) is 32.8 Å².